The Labute approximate surface area is 173 Å². The lowest BCUT2D eigenvalue weighted by molar-refractivity contribution is -0.135. The van der Waals surface area contributed by atoms with E-state index in [1.165, 1.54) is 19.3 Å². The number of rotatable bonds is 5. The molecule has 146 valence electrons. The Bertz CT molecular complexity index is 570. The van der Waals surface area contributed by atoms with Gasteiger partial charge in [0.05, 0.1) is 6.33 Å². The number of aromatic nitrogens is 2. The maximum atomic E-state index is 12.6. The minimum atomic E-state index is 0. The number of guanidine groups is 1. The van der Waals surface area contributed by atoms with E-state index in [1.807, 2.05) is 22.0 Å². The van der Waals surface area contributed by atoms with Gasteiger partial charge in [-0.05, 0) is 19.3 Å². The summed E-state index contributed by atoms with van der Waals surface area (Å²) in [6.45, 7) is 3.28. The first-order valence-corrected chi connectivity index (χ1v) is 9.48. The van der Waals surface area contributed by atoms with Crippen LogP contribution < -0.4 is 10.6 Å². The number of hydrogen-bond donors (Lipinski definition) is 2. The van der Waals surface area contributed by atoms with Crippen molar-refractivity contribution < 1.29 is 4.79 Å². The van der Waals surface area contributed by atoms with Crippen LogP contribution in [0.5, 0.6) is 0 Å². The zero-order valence-corrected chi connectivity index (χ0v) is 17.9. The molecule has 1 aromatic rings. The molecule has 0 radical (unpaired) electrons. The summed E-state index contributed by atoms with van der Waals surface area (Å²) in [5.41, 5.74) is 0. The van der Waals surface area contributed by atoms with Crippen molar-refractivity contribution >= 4 is 35.8 Å². The largest absolute Gasteiger partial charge is 0.355 e. The van der Waals surface area contributed by atoms with Gasteiger partial charge in [0.2, 0.25) is 5.91 Å². The van der Waals surface area contributed by atoms with Crippen molar-refractivity contribution in [3.05, 3.63) is 18.7 Å². The maximum absolute atomic E-state index is 12.6. The summed E-state index contributed by atoms with van der Waals surface area (Å²) in [5, 5.41) is 6.78. The minimum Gasteiger partial charge on any atom is -0.355 e. The van der Waals surface area contributed by atoms with Crippen LogP contribution in [0.15, 0.2) is 23.7 Å². The molecule has 1 aliphatic heterocycles. The SMILES string of the molecule is CN=C(NCCn1ccnc1)NC1CCN(C(=O)C2CCCCC2)C1.I. The summed E-state index contributed by atoms with van der Waals surface area (Å²) in [4.78, 5) is 23.0. The molecule has 1 unspecified atom stereocenters. The van der Waals surface area contributed by atoms with Crippen LogP contribution in [0, 0.1) is 5.92 Å². The molecule has 2 heterocycles. The van der Waals surface area contributed by atoms with E-state index in [4.69, 9.17) is 0 Å². The molecule has 1 aromatic heterocycles. The Hall–Kier alpha value is -1.32. The average Bonchev–Trinajstić information content (AvgIpc) is 3.33. The second-order valence-electron chi connectivity index (χ2n) is 7.05. The number of likely N-dealkylation sites (tertiary alicyclic amines) is 1. The molecule has 1 atom stereocenters. The van der Waals surface area contributed by atoms with Gasteiger partial charge in [0.15, 0.2) is 5.96 Å². The molecule has 0 spiro atoms. The standard InChI is InChI=1S/C18H30N6O.HI/c1-19-18(21-9-12-23-11-8-20-14-23)22-16-7-10-24(13-16)17(25)15-5-3-2-4-6-15;/h8,11,14-16H,2-7,9-10,12-13H2,1H3,(H2,19,21,22);1H. The van der Waals surface area contributed by atoms with Crippen LogP contribution in [0.2, 0.25) is 0 Å². The number of halogens is 1. The number of aliphatic imine (C=N–C) groups is 1. The van der Waals surface area contributed by atoms with E-state index in [9.17, 15) is 4.79 Å². The van der Waals surface area contributed by atoms with Gasteiger partial charge >= 0.3 is 0 Å². The first-order chi connectivity index (χ1) is 12.3. The monoisotopic (exact) mass is 474 g/mol. The molecular formula is C18H31IN6O. The van der Waals surface area contributed by atoms with Crippen molar-refractivity contribution in [2.45, 2.75) is 51.1 Å². The van der Waals surface area contributed by atoms with Crippen LogP contribution in [0.25, 0.3) is 0 Å². The van der Waals surface area contributed by atoms with E-state index in [0.717, 1.165) is 51.4 Å². The summed E-state index contributed by atoms with van der Waals surface area (Å²) in [5.74, 6) is 1.43. The number of nitrogens with zero attached hydrogens (tertiary/aromatic N) is 4. The van der Waals surface area contributed by atoms with Gasteiger partial charge in [-0.25, -0.2) is 4.98 Å². The van der Waals surface area contributed by atoms with E-state index in [0.29, 0.717) is 5.91 Å². The highest BCUT2D eigenvalue weighted by molar-refractivity contribution is 14.0. The summed E-state index contributed by atoms with van der Waals surface area (Å²) in [6, 6.07) is 0.284. The molecule has 8 heteroatoms. The Kier molecular flexibility index (Phi) is 8.67. The predicted molar refractivity (Wildman–Crippen MR) is 114 cm³/mol. The summed E-state index contributed by atoms with van der Waals surface area (Å²) in [7, 11) is 1.78. The Morgan fingerprint density at radius 1 is 1.27 bits per heavy atom. The zero-order valence-electron chi connectivity index (χ0n) is 15.6. The number of carbonyl (C=O) groups excluding carboxylic acids is 1. The molecule has 1 aliphatic carbocycles. The molecule has 1 amide bonds. The van der Waals surface area contributed by atoms with Crippen LogP contribution >= 0.6 is 24.0 Å². The number of carbonyl (C=O) groups is 1. The first kappa shape index (κ1) is 21.0. The van der Waals surface area contributed by atoms with Crippen LogP contribution in [0.4, 0.5) is 0 Å². The van der Waals surface area contributed by atoms with Crippen molar-refractivity contribution in [2.75, 3.05) is 26.7 Å². The molecule has 2 aliphatic rings. The van der Waals surface area contributed by atoms with E-state index in [-0.39, 0.29) is 35.9 Å². The zero-order chi connectivity index (χ0) is 17.5. The summed E-state index contributed by atoms with van der Waals surface area (Å²) < 4.78 is 2.03. The van der Waals surface area contributed by atoms with Crippen LogP contribution in [0.3, 0.4) is 0 Å². The highest BCUT2D eigenvalue weighted by atomic mass is 127. The summed E-state index contributed by atoms with van der Waals surface area (Å²) >= 11 is 0. The van der Waals surface area contributed by atoms with Crippen LogP contribution in [-0.4, -0.2) is 59.0 Å². The molecule has 2 fully saturated rings. The molecule has 2 N–H and O–H groups in total. The van der Waals surface area contributed by atoms with Crippen molar-refractivity contribution in [3.8, 4) is 0 Å². The lowest BCUT2D eigenvalue weighted by atomic mass is 9.88. The lowest BCUT2D eigenvalue weighted by Gasteiger charge is -2.26. The molecule has 1 saturated carbocycles. The molecule has 0 bridgehead atoms. The average molecular weight is 474 g/mol. The minimum absolute atomic E-state index is 0. The van der Waals surface area contributed by atoms with Crippen molar-refractivity contribution in [3.63, 3.8) is 0 Å². The molecule has 0 aromatic carbocycles. The Morgan fingerprint density at radius 3 is 2.77 bits per heavy atom. The van der Waals surface area contributed by atoms with E-state index < -0.39 is 0 Å². The number of nitrogens with one attached hydrogen (secondary N) is 2. The Morgan fingerprint density at radius 2 is 2.08 bits per heavy atom. The van der Waals surface area contributed by atoms with Gasteiger partial charge in [-0.15, -0.1) is 24.0 Å². The molecular weight excluding hydrogens is 443 g/mol. The Balaban J connectivity index is 0.00000243. The van der Waals surface area contributed by atoms with Crippen molar-refractivity contribution in [1.29, 1.82) is 0 Å². The van der Waals surface area contributed by atoms with Gasteiger partial charge < -0.3 is 20.1 Å². The van der Waals surface area contributed by atoms with Gasteiger partial charge in [0.25, 0.3) is 0 Å². The van der Waals surface area contributed by atoms with Gasteiger partial charge in [0, 0.05) is 57.6 Å². The molecule has 3 rings (SSSR count). The normalized spacial score (nSPS) is 21.3. The predicted octanol–water partition coefficient (Wildman–Crippen LogP) is 1.85. The highest BCUT2D eigenvalue weighted by Gasteiger charge is 2.31. The first-order valence-electron chi connectivity index (χ1n) is 9.48. The van der Waals surface area contributed by atoms with Gasteiger partial charge in [-0.2, -0.15) is 0 Å². The highest BCUT2D eigenvalue weighted by Crippen LogP contribution is 2.26. The fourth-order valence-electron chi connectivity index (χ4n) is 3.80. The summed E-state index contributed by atoms with van der Waals surface area (Å²) in [6.07, 6.45) is 12.4. The second-order valence-corrected chi connectivity index (χ2v) is 7.05. The topological polar surface area (TPSA) is 74.6 Å². The third-order valence-electron chi connectivity index (χ3n) is 5.24. The molecule has 7 nitrogen and oxygen atoms in total. The molecule has 26 heavy (non-hydrogen) atoms. The second kappa shape index (κ2) is 10.7. The van der Waals surface area contributed by atoms with Gasteiger partial charge in [0.1, 0.15) is 0 Å². The quantitative estimate of drug-likeness (QED) is 0.388. The number of imidazole rings is 1. The fraction of sp³-hybridized carbons (Fsp3) is 0.722. The smallest absolute Gasteiger partial charge is 0.225 e. The third-order valence-corrected chi connectivity index (χ3v) is 5.24. The van der Waals surface area contributed by atoms with Crippen LogP contribution in [0.1, 0.15) is 38.5 Å². The number of amides is 1. The van der Waals surface area contributed by atoms with E-state index in [1.54, 1.807) is 13.2 Å². The van der Waals surface area contributed by atoms with Crippen molar-refractivity contribution in [2.24, 2.45) is 10.9 Å². The van der Waals surface area contributed by atoms with E-state index in [2.05, 4.69) is 20.6 Å². The van der Waals surface area contributed by atoms with E-state index >= 15 is 0 Å². The fourth-order valence-corrected chi connectivity index (χ4v) is 3.80. The van der Waals surface area contributed by atoms with Gasteiger partial charge in [-0.1, -0.05) is 19.3 Å². The lowest BCUT2D eigenvalue weighted by Crippen LogP contribution is -2.46. The molecule has 1 saturated heterocycles. The number of hydrogen-bond acceptors (Lipinski definition) is 3. The van der Waals surface area contributed by atoms with Gasteiger partial charge in [-0.3, -0.25) is 9.79 Å². The third kappa shape index (κ3) is 5.85. The van der Waals surface area contributed by atoms with Crippen molar-refractivity contribution in [1.82, 2.24) is 25.1 Å². The maximum Gasteiger partial charge on any atom is 0.225 e. The van der Waals surface area contributed by atoms with Crippen LogP contribution in [-0.2, 0) is 11.3 Å².